The third-order valence-electron chi connectivity index (χ3n) is 0.986. The van der Waals surface area contributed by atoms with E-state index in [0.717, 1.165) is 6.29 Å². The Morgan fingerprint density at radius 1 is 1.11 bits per heavy atom. The van der Waals surface area contributed by atoms with E-state index in [1.54, 1.807) is 0 Å². The van der Waals surface area contributed by atoms with Crippen molar-refractivity contribution in [3.05, 3.63) is 24.3 Å². The SMILES string of the molecule is C/C=C/C(C=O)/C=C/C. The van der Waals surface area contributed by atoms with Crippen molar-refractivity contribution in [1.29, 1.82) is 0 Å². The van der Waals surface area contributed by atoms with Gasteiger partial charge in [-0.05, 0) is 13.8 Å². The average molecular weight is 124 g/mol. The van der Waals surface area contributed by atoms with E-state index in [2.05, 4.69) is 0 Å². The topological polar surface area (TPSA) is 17.1 Å². The van der Waals surface area contributed by atoms with Gasteiger partial charge in [-0.3, -0.25) is 0 Å². The molecule has 0 unspecified atom stereocenters. The molecule has 0 aromatic rings. The first-order chi connectivity index (χ1) is 4.35. The summed E-state index contributed by atoms with van der Waals surface area (Å²) in [5.41, 5.74) is 0. The summed E-state index contributed by atoms with van der Waals surface area (Å²) in [5.74, 6) is -0.0278. The van der Waals surface area contributed by atoms with Crippen molar-refractivity contribution in [2.75, 3.05) is 0 Å². The van der Waals surface area contributed by atoms with E-state index in [-0.39, 0.29) is 5.92 Å². The second-order valence-corrected chi connectivity index (χ2v) is 1.76. The molecule has 1 heteroatoms. The molecule has 0 saturated carbocycles. The van der Waals surface area contributed by atoms with Crippen LogP contribution in [0, 0.1) is 5.92 Å². The molecule has 0 spiro atoms. The third-order valence-corrected chi connectivity index (χ3v) is 0.986. The van der Waals surface area contributed by atoms with Crippen LogP contribution >= 0.6 is 0 Å². The Kier molecular flexibility index (Phi) is 4.79. The highest BCUT2D eigenvalue weighted by molar-refractivity contribution is 5.59. The normalized spacial score (nSPS) is 11.9. The fourth-order valence-corrected chi connectivity index (χ4v) is 0.599. The molecule has 9 heavy (non-hydrogen) atoms. The van der Waals surface area contributed by atoms with Crippen molar-refractivity contribution >= 4 is 6.29 Å². The van der Waals surface area contributed by atoms with Crippen LogP contribution in [0.1, 0.15) is 13.8 Å². The van der Waals surface area contributed by atoms with Gasteiger partial charge in [0.05, 0.1) is 5.92 Å². The number of carbonyl (C=O) groups is 1. The fourth-order valence-electron chi connectivity index (χ4n) is 0.599. The molecular weight excluding hydrogens is 112 g/mol. The highest BCUT2D eigenvalue weighted by atomic mass is 16.1. The van der Waals surface area contributed by atoms with Gasteiger partial charge in [0.15, 0.2) is 0 Å². The van der Waals surface area contributed by atoms with Crippen molar-refractivity contribution < 1.29 is 4.79 Å². The summed E-state index contributed by atoms with van der Waals surface area (Å²) in [6.45, 7) is 3.81. The van der Waals surface area contributed by atoms with Gasteiger partial charge in [-0.25, -0.2) is 0 Å². The molecule has 0 aromatic heterocycles. The maximum Gasteiger partial charge on any atom is 0.130 e. The zero-order valence-corrected chi connectivity index (χ0v) is 5.87. The predicted octanol–water partition coefficient (Wildman–Crippen LogP) is 1.95. The predicted molar refractivity (Wildman–Crippen MR) is 39.2 cm³/mol. The molecule has 0 N–H and O–H groups in total. The van der Waals surface area contributed by atoms with Crippen LogP contribution in [0.2, 0.25) is 0 Å². The molecule has 0 saturated heterocycles. The first-order valence-corrected chi connectivity index (χ1v) is 3.06. The molecule has 0 radical (unpaired) electrons. The third kappa shape index (κ3) is 3.71. The first kappa shape index (κ1) is 8.15. The van der Waals surface area contributed by atoms with E-state index in [1.807, 2.05) is 38.2 Å². The summed E-state index contributed by atoms with van der Waals surface area (Å²) in [6, 6.07) is 0. The van der Waals surface area contributed by atoms with Crippen LogP contribution in [0.25, 0.3) is 0 Å². The summed E-state index contributed by atoms with van der Waals surface area (Å²) in [5, 5.41) is 0. The van der Waals surface area contributed by atoms with Crippen molar-refractivity contribution in [1.82, 2.24) is 0 Å². The van der Waals surface area contributed by atoms with Crippen LogP contribution in [0.5, 0.6) is 0 Å². The van der Waals surface area contributed by atoms with Crippen LogP contribution in [0.4, 0.5) is 0 Å². The highest BCUT2D eigenvalue weighted by Gasteiger charge is 1.91. The second kappa shape index (κ2) is 5.29. The standard InChI is InChI=1S/C8H12O/c1-3-5-8(7-9)6-4-2/h3-8H,1-2H3/b5-3+,6-4+. The number of allylic oxidation sites excluding steroid dienone is 4. The molecule has 0 heterocycles. The lowest BCUT2D eigenvalue weighted by Gasteiger charge is -1.91. The van der Waals surface area contributed by atoms with Gasteiger partial charge >= 0.3 is 0 Å². The Bertz CT molecular complexity index is 111. The van der Waals surface area contributed by atoms with E-state index in [0.29, 0.717) is 0 Å². The van der Waals surface area contributed by atoms with Crippen LogP contribution in [0.3, 0.4) is 0 Å². The zero-order valence-electron chi connectivity index (χ0n) is 5.87. The van der Waals surface area contributed by atoms with Gasteiger partial charge in [-0.1, -0.05) is 24.3 Å². The van der Waals surface area contributed by atoms with Gasteiger partial charge in [-0.2, -0.15) is 0 Å². The van der Waals surface area contributed by atoms with Crippen LogP contribution < -0.4 is 0 Å². The summed E-state index contributed by atoms with van der Waals surface area (Å²) < 4.78 is 0. The van der Waals surface area contributed by atoms with E-state index in [4.69, 9.17) is 0 Å². The van der Waals surface area contributed by atoms with E-state index >= 15 is 0 Å². The Morgan fingerprint density at radius 3 is 1.78 bits per heavy atom. The number of hydrogen-bond donors (Lipinski definition) is 0. The smallest absolute Gasteiger partial charge is 0.130 e. The monoisotopic (exact) mass is 124 g/mol. The molecule has 0 bridgehead atoms. The Balaban J connectivity index is 3.82. The first-order valence-electron chi connectivity index (χ1n) is 3.06. The van der Waals surface area contributed by atoms with Crippen molar-refractivity contribution in [3.63, 3.8) is 0 Å². The van der Waals surface area contributed by atoms with Gasteiger partial charge in [0.1, 0.15) is 6.29 Å². The van der Waals surface area contributed by atoms with Crippen molar-refractivity contribution in [2.45, 2.75) is 13.8 Å². The van der Waals surface area contributed by atoms with Gasteiger partial charge < -0.3 is 4.79 Å². The summed E-state index contributed by atoms with van der Waals surface area (Å²) in [7, 11) is 0. The van der Waals surface area contributed by atoms with E-state index in [9.17, 15) is 4.79 Å². The molecule has 0 rings (SSSR count). The minimum Gasteiger partial charge on any atom is -0.302 e. The molecule has 0 aromatic carbocycles. The fraction of sp³-hybridized carbons (Fsp3) is 0.375. The van der Waals surface area contributed by atoms with Crippen molar-refractivity contribution in [2.24, 2.45) is 5.92 Å². The lowest BCUT2D eigenvalue weighted by atomic mass is 10.1. The number of aldehydes is 1. The van der Waals surface area contributed by atoms with Crippen LogP contribution in [-0.4, -0.2) is 6.29 Å². The maximum absolute atomic E-state index is 10.2. The molecule has 50 valence electrons. The average Bonchev–Trinajstić information content (AvgIpc) is 1.88. The number of rotatable bonds is 3. The lowest BCUT2D eigenvalue weighted by Crippen LogP contribution is -1.90. The van der Waals surface area contributed by atoms with Crippen LogP contribution in [0.15, 0.2) is 24.3 Å². The largest absolute Gasteiger partial charge is 0.302 e. The number of carbonyl (C=O) groups excluding carboxylic acids is 1. The van der Waals surface area contributed by atoms with Crippen LogP contribution in [-0.2, 0) is 4.79 Å². The maximum atomic E-state index is 10.2. The molecule has 0 fully saturated rings. The van der Waals surface area contributed by atoms with E-state index in [1.165, 1.54) is 0 Å². The van der Waals surface area contributed by atoms with Gasteiger partial charge in [0.2, 0.25) is 0 Å². The van der Waals surface area contributed by atoms with Gasteiger partial charge in [0.25, 0.3) is 0 Å². The molecule has 0 amide bonds. The minimum atomic E-state index is -0.0278. The summed E-state index contributed by atoms with van der Waals surface area (Å²) >= 11 is 0. The Labute approximate surface area is 56.1 Å². The molecule has 1 nitrogen and oxygen atoms in total. The quantitative estimate of drug-likeness (QED) is 0.415. The zero-order chi connectivity index (χ0) is 7.11. The summed E-state index contributed by atoms with van der Waals surface area (Å²) in [4.78, 5) is 10.2. The molecule has 0 atom stereocenters. The number of hydrogen-bond acceptors (Lipinski definition) is 1. The molecular formula is C8H12O. The van der Waals surface area contributed by atoms with Gasteiger partial charge in [0, 0.05) is 0 Å². The lowest BCUT2D eigenvalue weighted by molar-refractivity contribution is -0.108. The van der Waals surface area contributed by atoms with Crippen molar-refractivity contribution in [3.8, 4) is 0 Å². The summed E-state index contributed by atoms with van der Waals surface area (Å²) in [6.07, 6.45) is 8.37. The van der Waals surface area contributed by atoms with E-state index < -0.39 is 0 Å². The molecule has 0 aliphatic carbocycles. The molecule has 0 aliphatic rings. The highest BCUT2D eigenvalue weighted by Crippen LogP contribution is 1.95. The Hall–Kier alpha value is -0.850. The second-order valence-electron chi connectivity index (χ2n) is 1.76. The van der Waals surface area contributed by atoms with Gasteiger partial charge in [-0.15, -0.1) is 0 Å². The molecule has 0 aliphatic heterocycles. The Morgan fingerprint density at radius 2 is 1.56 bits per heavy atom. The minimum absolute atomic E-state index is 0.0278.